The number of likely N-dealkylation sites (tertiary alicyclic amines) is 1. The number of hydrogen-bond donors (Lipinski definition) is 2. The molecule has 0 radical (unpaired) electrons. The number of carbonyl (C=O) groups is 1. The fraction of sp³-hybridized carbons (Fsp3) is 0.457. The molecule has 3 aromatic rings. The van der Waals surface area contributed by atoms with Crippen LogP contribution in [0.4, 0.5) is 0 Å². The van der Waals surface area contributed by atoms with Crippen molar-refractivity contribution in [3.05, 3.63) is 95.1 Å². The number of carbonyl (C=O) groups excluding carboxylic acids is 1. The predicted molar refractivity (Wildman–Crippen MR) is 177 cm³/mol. The molecule has 8 nitrogen and oxygen atoms in total. The molecule has 4 atom stereocenters. The van der Waals surface area contributed by atoms with Crippen LogP contribution in [0.5, 0.6) is 0 Å². The van der Waals surface area contributed by atoms with Gasteiger partial charge in [-0.25, -0.2) is 0 Å². The molecule has 0 unspecified atom stereocenters. The van der Waals surface area contributed by atoms with E-state index in [1.165, 1.54) is 0 Å². The number of benzene rings is 3. The third kappa shape index (κ3) is 7.73. The van der Waals surface area contributed by atoms with Crippen molar-refractivity contribution < 1.29 is 28.8 Å². The second-order valence-electron chi connectivity index (χ2n) is 12.2. The van der Waals surface area contributed by atoms with Crippen molar-refractivity contribution >= 4 is 40.7 Å². The molecular formula is C35H39Cl3N2O6. The minimum atomic E-state index is -2.03. The van der Waals surface area contributed by atoms with Crippen LogP contribution in [0.25, 0.3) is 11.1 Å². The quantitative estimate of drug-likeness (QED) is 0.263. The maximum Gasteiger partial charge on any atom is 0.272 e. The number of ether oxygens (including phenoxy) is 4. The minimum Gasteiger partial charge on any atom is -0.392 e. The molecule has 3 aromatic carbocycles. The van der Waals surface area contributed by atoms with E-state index in [1.54, 1.807) is 0 Å². The Morgan fingerprint density at radius 2 is 1.59 bits per heavy atom. The van der Waals surface area contributed by atoms with E-state index in [1.807, 2.05) is 72.8 Å². The van der Waals surface area contributed by atoms with Crippen LogP contribution in [0.3, 0.4) is 0 Å². The summed E-state index contributed by atoms with van der Waals surface area (Å²) >= 11 is 17.2. The van der Waals surface area contributed by atoms with Gasteiger partial charge in [-0.15, -0.1) is 0 Å². The van der Waals surface area contributed by atoms with E-state index in [0.29, 0.717) is 13.2 Å². The Morgan fingerprint density at radius 3 is 2.24 bits per heavy atom. The summed E-state index contributed by atoms with van der Waals surface area (Å²) in [5.41, 5.74) is 5.63. The first-order chi connectivity index (χ1) is 22.1. The number of aliphatic hydroxyl groups excluding tert-OH is 1. The zero-order chi connectivity index (χ0) is 32.3. The van der Waals surface area contributed by atoms with Gasteiger partial charge in [0.15, 0.2) is 12.1 Å². The van der Waals surface area contributed by atoms with Crippen molar-refractivity contribution in [2.24, 2.45) is 5.92 Å². The molecule has 11 heteroatoms. The Morgan fingerprint density at radius 1 is 0.935 bits per heavy atom. The number of hydrogen-bond acceptors (Lipinski definition) is 7. The van der Waals surface area contributed by atoms with E-state index in [0.717, 1.165) is 65.9 Å². The largest absolute Gasteiger partial charge is 0.392 e. The lowest BCUT2D eigenvalue weighted by Gasteiger charge is -2.44. The number of rotatable bonds is 8. The molecule has 0 aliphatic carbocycles. The first kappa shape index (κ1) is 33.7. The highest BCUT2D eigenvalue weighted by molar-refractivity contribution is 6.76. The van der Waals surface area contributed by atoms with Crippen molar-refractivity contribution in [2.45, 2.75) is 61.0 Å². The maximum absolute atomic E-state index is 12.1. The Kier molecular flexibility index (Phi) is 10.6. The molecule has 6 rings (SSSR count). The molecule has 3 aliphatic rings. The van der Waals surface area contributed by atoms with E-state index in [2.05, 4.69) is 17.1 Å². The Labute approximate surface area is 284 Å². The monoisotopic (exact) mass is 688 g/mol. The summed E-state index contributed by atoms with van der Waals surface area (Å²) < 4.78 is 23.3. The number of piperidine rings is 1. The molecule has 2 N–H and O–H groups in total. The lowest BCUT2D eigenvalue weighted by molar-refractivity contribution is -0.278. The number of aliphatic hydroxyl groups is 1. The first-order valence-electron chi connectivity index (χ1n) is 15.7. The van der Waals surface area contributed by atoms with Gasteiger partial charge in [-0.2, -0.15) is 0 Å². The third-order valence-corrected chi connectivity index (χ3v) is 9.72. The second kappa shape index (κ2) is 14.5. The molecule has 1 amide bonds. The lowest BCUT2D eigenvalue weighted by atomic mass is 9.89. The molecule has 3 aliphatic heterocycles. The van der Waals surface area contributed by atoms with Crippen LogP contribution >= 0.6 is 34.8 Å². The molecule has 0 aromatic heterocycles. The van der Waals surface area contributed by atoms with Gasteiger partial charge in [0.25, 0.3) is 9.70 Å². The van der Waals surface area contributed by atoms with E-state index >= 15 is 0 Å². The van der Waals surface area contributed by atoms with Gasteiger partial charge in [0.2, 0.25) is 0 Å². The zero-order valence-electron chi connectivity index (χ0n) is 25.7. The average molecular weight is 690 g/mol. The Hall–Kier alpha value is -2.24. The van der Waals surface area contributed by atoms with E-state index in [-0.39, 0.29) is 31.3 Å². The highest BCUT2D eigenvalue weighted by Crippen LogP contribution is 2.43. The standard InChI is InChI=1S/C35H39Cl3N2O6/c1-23-30(21-40-16-14-34(15-17-40)43-18-19-44-34)45-32(46-31(23)26-8-6-24(22-41)7-9-26)27-12-10-25(11-13-27)29-5-3-2-4-28(29)20-39-33(42)35(36,37)38/h2-13,23,30-32,41H,14-22H2,1H3,(H,39,42)/t23-,30+,31+,32+/m1/s1. The van der Waals surface area contributed by atoms with Crippen LogP contribution in [0.15, 0.2) is 72.8 Å². The van der Waals surface area contributed by atoms with Crippen molar-refractivity contribution in [1.29, 1.82) is 0 Å². The predicted octanol–water partition coefficient (Wildman–Crippen LogP) is 6.46. The molecule has 3 heterocycles. The van der Waals surface area contributed by atoms with Gasteiger partial charge < -0.3 is 34.3 Å². The summed E-state index contributed by atoms with van der Waals surface area (Å²) in [6.45, 7) is 6.25. The molecule has 0 bridgehead atoms. The Balaban J connectivity index is 1.20. The number of nitrogens with zero attached hydrogens (tertiary/aromatic N) is 1. The molecule has 3 saturated heterocycles. The Bertz CT molecular complexity index is 1470. The summed E-state index contributed by atoms with van der Waals surface area (Å²) in [6, 6.07) is 23.8. The molecule has 1 spiro atoms. The molecule has 246 valence electrons. The summed E-state index contributed by atoms with van der Waals surface area (Å²) in [7, 11) is 0. The van der Waals surface area contributed by atoms with Crippen LogP contribution in [-0.2, 0) is 36.9 Å². The second-order valence-corrected chi connectivity index (χ2v) is 14.5. The molecule has 46 heavy (non-hydrogen) atoms. The highest BCUT2D eigenvalue weighted by Gasteiger charge is 2.43. The third-order valence-electron chi connectivity index (χ3n) is 9.20. The highest BCUT2D eigenvalue weighted by atomic mass is 35.6. The van der Waals surface area contributed by atoms with E-state index in [4.69, 9.17) is 53.8 Å². The van der Waals surface area contributed by atoms with Crippen molar-refractivity contribution in [1.82, 2.24) is 10.2 Å². The van der Waals surface area contributed by atoms with Gasteiger partial charge >= 0.3 is 0 Å². The van der Waals surface area contributed by atoms with Crippen molar-refractivity contribution in [2.75, 3.05) is 32.8 Å². The van der Waals surface area contributed by atoms with E-state index in [9.17, 15) is 9.90 Å². The van der Waals surface area contributed by atoms with Gasteiger partial charge in [-0.05, 0) is 27.8 Å². The van der Waals surface area contributed by atoms with Gasteiger partial charge in [0, 0.05) is 50.5 Å². The molecule has 3 fully saturated rings. The van der Waals surface area contributed by atoms with Gasteiger partial charge in [-0.3, -0.25) is 4.79 Å². The summed E-state index contributed by atoms with van der Waals surface area (Å²) in [5, 5.41) is 12.3. The van der Waals surface area contributed by atoms with Gasteiger partial charge in [0.05, 0.1) is 32.0 Å². The van der Waals surface area contributed by atoms with Crippen LogP contribution in [0, 0.1) is 5.92 Å². The topological polar surface area (TPSA) is 89.5 Å². The smallest absolute Gasteiger partial charge is 0.272 e. The van der Waals surface area contributed by atoms with Crippen LogP contribution in [0.2, 0.25) is 0 Å². The fourth-order valence-electron chi connectivity index (χ4n) is 6.50. The SMILES string of the molecule is C[C@@H]1[C@H](CN2CCC3(CC2)OCCO3)O[C@H](c2ccc(-c3ccccc3CNC(=O)C(Cl)(Cl)Cl)cc2)O[C@@H]1c1ccc(CO)cc1. The number of amides is 1. The summed E-state index contributed by atoms with van der Waals surface area (Å²) in [4.78, 5) is 14.6. The first-order valence-corrected chi connectivity index (χ1v) is 16.8. The van der Waals surface area contributed by atoms with Crippen molar-refractivity contribution in [3.8, 4) is 11.1 Å². The fourth-order valence-corrected chi connectivity index (χ4v) is 6.70. The normalized spacial score (nSPS) is 25.1. The minimum absolute atomic E-state index is 0.00560. The number of halogens is 3. The van der Waals surface area contributed by atoms with Crippen molar-refractivity contribution in [3.63, 3.8) is 0 Å². The lowest BCUT2D eigenvalue weighted by Crippen LogP contribution is -2.50. The van der Waals surface area contributed by atoms with Gasteiger partial charge in [0.1, 0.15) is 0 Å². The molecular weight excluding hydrogens is 651 g/mol. The maximum atomic E-state index is 12.1. The molecule has 0 saturated carbocycles. The van der Waals surface area contributed by atoms with Crippen LogP contribution in [0.1, 0.15) is 54.4 Å². The average Bonchev–Trinajstić information content (AvgIpc) is 3.53. The van der Waals surface area contributed by atoms with Gasteiger partial charge in [-0.1, -0.05) is 115 Å². The summed E-state index contributed by atoms with van der Waals surface area (Å²) in [6.07, 6.45) is 0.835. The summed E-state index contributed by atoms with van der Waals surface area (Å²) in [5.74, 6) is -1.02. The number of alkyl halides is 3. The van der Waals surface area contributed by atoms with Crippen LogP contribution < -0.4 is 5.32 Å². The van der Waals surface area contributed by atoms with E-state index < -0.39 is 21.8 Å². The van der Waals surface area contributed by atoms with Crippen LogP contribution in [-0.4, -0.2) is 64.4 Å². The number of nitrogens with one attached hydrogen (secondary N) is 1. The zero-order valence-corrected chi connectivity index (χ0v) is 27.9.